The van der Waals surface area contributed by atoms with E-state index in [9.17, 15) is 18.0 Å². The van der Waals surface area contributed by atoms with E-state index in [2.05, 4.69) is 10.3 Å². The van der Waals surface area contributed by atoms with Gasteiger partial charge >= 0.3 is 12.1 Å². The Kier molecular flexibility index (Phi) is 6.20. The van der Waals surface area contributed by atoms with Gasteiger partial charge in [-0.3, -0.25) is 0 Å². The maximum Gasteiger partial charge on any atom is 0.416 e. The van der Waals surface area contributed by atoms with Crippen LogP contribution in [0.2, 0.25) is 0 Å². The minimum Gasteiger partial charge on any atom is -0.380 e. The lowest BCUT2D eigenvalue weighted by Gasteiger charge is -2.10. The van der Waals surface area contributed by atoms with Crippen molar-refractivity contribution in [2.45, 2.75) is 25.9 Å². The van der Waals surface area contributed by atoms with Crippen molar-refractivity contribution in [2.75, 3.05) is 0 Å². The van der Waals surface area contributed by atoms with Crippen LogP contribution in [0, 0.1) is 0 Å². The zero-order valence-corrected chi connectivity index (χ0v) is 16.1. The molecule has 0 saturated heterocycles. The third kappa shape index (κ3) is 4.86. The first-order valence-electron chi connectivity index (χ1n) is 9.15. The smallest absolute Gasteiger partial charge is 0.380 e. The van der Waals surface area contributed by atoms with Crippen LogP contribution in [0.4, 0.5) is 13.2 Å². The van der Waals surface area contributed by atoms with E-state index >= 15 is 0 Å². The number of aryl methyl sites for hydroxylation is 1. The Balaban J connectivity index is 1.77. The van der Waals surface area contributed by atoms with E-state index in [4.69, 9.17) is 10.6 Å². The van der Waals surface area contributed by atoms with E-state index in [1.54, 1.807) is 35.3 Å². The van der Waals surface area contributed by atoms with Crippen LogP contribution in [-0.4, -0.2) is 21.6 Å². The highest BCUT2D eigenvalue weighted by Crippen LogP contribution is 2.29. The maximum absolute atomic E-state index is 12.6. The van der Waals surface area contributed by atoms with Crippen molar-refractivity contribution in [3.63, 3.8) is 0 Å². The zero-order chi connectivity index (χ0) is 21.7. The van der Waals surface area contributed by atoms with Crippen LogP contribution < -0.4 is 5.73 Å². The number of aromatic nitrogens is 2. The van der Waals surface area contributed by atoms with Crippen LogP contribution in [-0.2, 0) is 17.4 Å². The molecule has 0 spiro atoms. The molecule has 6 nitrogen and oxygen atoms in total. The molecule has 1 aromatic heterocycles. The molecule has 0 aliphatic heterocycles. The van der Waals surface area contributed by atoms with Gasteiger partial charge in [0.2, 0.25) is 0 Å². The van der Waals surface area contributed by atoms with Gasteiger partial charge in [0.05, 0.1) is 16.8 Å². The number of hydrogen-bond acceptors (Lipinski definition) is 4. The van der Waals surface area contributed by atoms with Gasteiger partial charge in [0.15, 0.2) is 5.84 Å². The minimum absolute atomic E-state index is 0.206. The summed E-state index contributed by atoms with van der Waals surface area (Å²) >= 11 is 0. The van der Waals surface area contributed by atoms with Gasteiger partial charge in [-0.2, -0.15) is 18.3 Å². The van der Waals surface area contributed by atoms with Crippen molar-refractivity contribution in [3.8, 4) is 5.69 Å². The molecule has 0 fully saturated rings. The molecule has 1 heterocycles. The zero-order valence-electron chi connectivity index (χ0n) is 16.1. The van der Waals surface area contributed by atoms with Crippen LogP contribution in [0.5, 0.6) is 0 Å². The Morgan fingerprint density at radius 3 is 2.53 bits per heavy atom. The largest absolute Gasteiger partial charge is 0.416 e. The molecule has 0 atom stereocenters. The lowest BCUT2D eigenvalue weighted by molar-refractivity contribution is -0.137. The number of nitrogens with two attached hydrogens (primary N) is 1. The molecule has 2 aromatic carbocycles. The number of carbonyl (C=O) groups excluding carboxylic acids is 1. The number of rotatable bonds is 6. The summed E-state index contributed by atoms with van der Waals surface area (Å²) in [7, 11) is 0. The van der Waals surface area contributed by atoms with Crippen LogP contribution in [0.15, 0.2) is 66.1 Å². The van der Waals surface area contributed by atoms with Gasteiger partial charge < -0.3 is 10.6 Å². The molecule has 30 heavy (non-hydrogen) atoms. The summed E-state index contributed by atoms with van der Waals surface area (Å²) in [6.45, 7) is 1.98. The second-order valence-electron chi connectivity index (χ2n) is 6.47. The van der Waals surface area contributed by atoms with Gasteiger partial charge in [0.25, 0.3) is 0 Å². The van der Waals surface area contributed by atoms with Crippen LogP contribution >= 0.6 is 0 Å². The number of amidine groups is 1. The molecule has 9 heteroatoms. The summed E-state index contributed by atoms with van der Waals surface area (Å²) in [5.74, 6) is -0.914. The molecule has 3 rings (SSSR count). The van der Waals surface area contributed by atoms with E-state index in [0.717, 1.165) is 41.9 Å². The number of alkyl halides is 3. The van der Waals surface area contributed by atoms with Crippen LogP contribution in [0.3, 0.4) is 0 Å². The van der Waals surface area contributed by atoms with E-state index in [0.29, 0.717) is 12.0 Å². The van der Waals surface area contributed by atoms with E-state index in [1.165, 1.54) is 0 Å². The fraction of sp³-hybridized carbons (Fsp3) is 0.190. The highest BCUT2D eigenvalue weighted by atomic mass is 19.4. The van der Waals surface area contributed by atoms with Gasteiger partial charge in [-0.15, -0.1) is 0 Å². The van der Waals surface area contributed by atoms with Crippen molar-refractivity contribution in [2.24, 2.45) is 10.9 Å². The predicted octanol–water partition coefficient (Wildman–Crippen LogP) is 4.32. The third-order valence-corrected chi connectivity index (χ3v) is 4.33. The number of oxime groups is 1. The molecule has 0 saturated carbocycles. The van der Waals surface area contributed by atoms with E-state index in [1.807, 2.05) is 13.0 Å². The topological polar surface area (TPSA) is 82.5 Å². The number of nitrogens with zero attached hydrogens (tertiary/aromatic N) is 3. The Bertz CT molecular complexity index is 1040. The van der Waals surface area contributed by atoms with Gasteiger partial charge in [-0.25, -0.2) is 9.48 Å². The summed E-state index contributed by atoms with van der Waals surface area (Å²) in [4.78, 5) is 17.4. The Morgan fingerprint density at radius 2 is 1.93 bits per heavy atom. The summed E-state index contributed by atoms with van der Waals surface area (Å²) in [5, 5.41) is 7.75. The molecular weight excluding hydrogens is 397 g/mol. The van der Waals surface area contributed by atoms with Gasteiger partial charge in [0, 0.05) is 18.0 Å². The van der Waals surface area contributed by atoms with Gasteiger partial charge in [0.1, 0.15) is 0 Å². The van der Waals surface area contributed by atoms with Crippen LogP contribution in [0.1, 0.15) is 40.4 Å². The second kappa shape index (κ2) is 8.81. The average Bonchev–Trinajstić information content (AvgIpc) is 3.26. The maximum atomic E-state index is 12.6. The third-order valence-electron chi connectivity index (χ3n) is 4.33. The highest BCUT2D eigenvalue weighted by Gasteiger charge is 2.30. The molecule has 0 radical (unpaired) electrons. The Morgan fingerprint density at radius 1 is 1.20 bits per heavy atom. The summed E-state index contributed by atoms with van der Waals surface area (Å²) < 4.78 is 39.6. The highest BCUT2D eigenvalue weighted by molar-refractivity contribution is 5.98. The standard InChI is InChI=1S/C21H19F3N4O2/c1-2-4-15-13-17(28-12-3-11-26-28)9-10-18(15)20(29)30-27-19(25)14-5-7-16(8-6-14)21(22,23)24/h3,5-13H,2,4H2,1H3,(H2,25,27). The van der Waals surface area contributed by atoms with Crippen molar-refractivity contribution in [1.29, 1.82) is 0 Å². The van der Waals surface area contributed by atoms with Crippen molar-refractivity contribution in [1.82, 2.24) is 9.78 Å². The van der Waals surface area contributed by atoms with Crippen LogP contribution in [0.25, 0.3) is 5.69 Å². The lowest BCUT2D eigenvalue weighted by atomic mass is 10.0. The molecule has 0 aliphatic rings. The normalized spacial score (nSPS) is 12.1. The quantitative estimate of drug-likeness (QED) is 0.281. The van der Waals surface area contributed by atoms with Gasteiger partial charge in [-0.1, -0.05) is 30.6 Å². The van der Waals surface area contributed by atoms with Crippen molar-refractivity contribution >= 4 is 11.8 Å². The monoisotopic (exact) mass is 416 g/mol. The molecule has 0 aliphatic carbocycles. The number of benzene rings is 2. The van der Waals surface area contributed by atoms with Crippen molar-refractivity contribution < 1.29 is 22.8 Å². The first kappa shape index (κ1) is 21.1. The Labute approximate surface area is 170 Å². The minimum atomic E-state index is -4.45. The number of hydrogen-bond donors (Lipinski definition) is 1. The first-order chi connectivity index (χ1) is 14.3. The molecule has 0 bridgehead atoms. The molecule has 3 aromatic rings. The second-order valence-corrected chi connectivity index (χ2v) is 6.47. The SMILES string of the molecule is CCCc1cc(-n2cccn2)ccc1C(=O)O/N=C(\N)c1ccc(C(F)(F)F)cc1. The first-order valence-corrected chi connectivity index (χ1v) is 9.15. The van der Waals surface area contributed by atoms with Crippen molar-refractivity contribution in [3.05, 3.63) is 83.2 Å². The predicted molar refractivity (Wildman–Crippen MR) is 105 cm³/mol. The molecule has 156 valence electrons. The fourth-order valence-corrected chi connectivity index (χ4v) is 2.84. The van der Waals surface area contributed by atoms with E-state index < -0.39 is 17.7 Å². The summed E-state index contributed by atoms with van der Waals surface area (Å²) in [6.07, 6.45) is 0.435. The average molecular weight is 416 g/mol. The van der Waals surface area contributed by atoms with Gasteiger partial charge in [-0.05, 0) is 48.4 Å². The summed E-state index contributed by atoms with van der Waals surface area (Å²) in [5.41, 5.74) is 7.04. The Hall–Kier alpha value is -3.62. The molecule has 0 unspecified atom stereocenters. The molecular formula is C21H19F3N4O2. The summed E-state index contributed by atoms with van der Waals surface area (Å²) in [6, 6.07) is 11.1. The van der Waals surface area contributed by atoms with E-state index in [-0.39, 0.29) is 11.4 Å². The molecule has 2 N–H and O–H groups in total. The molecule has 0 amide bonds. The lowest BCUT2D eigenvalue weighted by Crippen LogP contribution is -2.16. The number of carbonyl (C=O) groups is 1. The number of halogens is 3. The fourth-order valence-electron chi connectivity index (χ4n) is 2.84.